The third kappa shape index (κ3) is 7.33. The normalized spacial score (nSPS) is 27.8. The van der Waals surface area contributed by atoms with Crippen LogP contribution in [0.4, 0.5) is 0 Å². The van der Waals surface area contributed by atoms with Gasteiger partial charge in [-0.1, -0.05) is 52.0 Å². The second-order valence-corrected chi connectivity index (χ2v) is 11.3. The van der Waals surface area contributed by atoms with Gasteiger partial charge in [-0.05, 0) is 101 Å². The quantitative estimate of drug-likeness (QED) is 0.317. The molecule has 3 aliphatic carbocycles. The van der Waals surface area contributed by atoms with Crippen LogP contribution in [0.2, 0.25) is 0 Å². The number of hydrogen-bond donors (Lipinski definition) is 0. The molecule has 0 bridgehead atoms. The van der Waals surface area contributed by atoms with Gasteiger partial charge in [-0.25, -0.2) is 0 Å². The molecule has 3 aliphatic rings. The summed E-state index contributed by atoms with van der Waals surface area (Å²) in [5, 5.41) is 1.35. The molecule has 4 atom stereocenters. The minimum Gasteiger partial charge on any atom is -0.319 e. The largest absolute Gasteiger partial charge is 2.00 e. The number of hydrogen-bond acceptors (Lipinski definition) is 2. The summed E-state index contributed by atoms with van der Waals surface area (Å²) in [5.74, 6) is 2.47. The Bertz CT molecular complexity index is 715. The van der Waals surface area contributed by atoms with E-state index in [-0.39, 0.29) is 23.2 Å². The van der Waals surface area contributed by atoms with E-state index in [1.165, 1.54) is 6.42 Å². The molecule has 2 nitrogen and oxygen atoms in total. The Morgan fingerprint density at radius 2 is 1.53 bits per heavy atom. The molecule has 0 N–H and O–H groups in total. The fraction of sp³-hybridized carbons (Fsp3) is 0.357. The maximum atomic E-state index is 14.2. The van der Waals surface area contributed by atoms with Crippen molar-refractivity contribution in [3.63, 3.8) is 0 Å². The summed E-state index contributed by atoms with van der Waals surface area (Å²) in [4.78, 5) is 0. The van der Waals surface area contributed by atoms with E-state index in [1.807, 2.05) is 88.1 Å². The minimum atomic E-state index is -3.22. The van der Waals surface area contributed by atoms with Crippen molar-refractivity contribution in [2.45, 2.75) is 46.1 Å². The van der Waals surface area contributed by atoms with E-state index < -0.39 is 7.37 Å². The van der Waals surface area contributed by atoms with Crippen LogP contribution >= 0.6 is 7.37 Å². The average molecular weight is 490 g/mol. The first-order valence-electron chi connectivity index (χ1n) is 11.3. The van der Waals surface area contributed by atoms with Crippen molar-refractivity contribution in [3.8, 4) is 0 Å². The maximum absolute atomic E-state index is 14.2. The van der Waals surface area contributed by atoms with Crippen molar-refractivity contribution in [1.29, 1.82) is 0 Å². The Hall–Kier alpha value is -0.331. The molecular formula is C28H35FeO2P+2. The predicted octanol–water partition coefficient (Wildman–Crippen LogP) is 7.01. The van der Waals surface area contributed by atoms with Crippen molar-refractivity contribution < 1.29 is 26.2 Å². The van der Waals surface area contributed by atoms with Crippen LogP contribution in [0, 0.1) is 81.5 Å². The van der Waals surface area contributed by atoms with Crippen LogP contribution in [-0.2, 0) is 26.2 Å². The third-order valence-corrected chi connectivity index (χ3v) is 8.76. The van der Waals surface area contributed by atoms with Crippen LogP contribution in [0.15, 0.2) is 42.2 Å². The van der Waals surface area contributed by atoms with Gasteiger partial charge in [-0.3, -0.25) is 4.57 Å². The Labute approximate surface area is 208 Å². The standard InChI is InChI=1S/C23H30O2P.C5H5.Fe/c1-17(2)22-15-14-18(3)16-23(22)25-26(24,21-12-6-5-7-13-21)19(4)20-10-8-9-11-20;1-2-4-5-3-1;/h5-13,17-18,22-23H,4,14-16H2,1-3H3;1-5H;/q;;+2/t18-,22+,23-,26-;;/m1../s1. The van der Waals surface area contributed by atoms with Crippen LogP contribution in [0.3, 0.4) is 0 Å². The molecule has 10 radical (unpaired) electrons. The van der Waals surface area contributed by atoms with E-state index in [0.29, 0.717) is 23.1 Å². The van der Waals surface area contributed by atoms with Crippen molar-refractivity contribution >= 4 is 12.7 Å². The molecule has 0 unspecified atom stereocenters. The molecule has 0 aliphatic heterocycles. The van der Waals surface area contributed by atoms with E-state index in [2.05, 4.69) is 27.4 Å². The predicted molar refractivity (Wildman–Crippen MR) is 131 cm³/mol. The summed E-state index contributed by atoms with van der Waals surface area (Å²) in [5.41, 5.74) is 0. The summed E-state index contributed by atoms with van der Waals surface area (Å²) < 4.78 is 20.8. The molecule has 1 aromatic rings. The van der Waals surface area contributed by atoms with Crippen molar-refractivity contribution in [1.82, 2.24) is 0 Å². The first kappa shape index (κ1) is 27.9. The fourth-order valence-corrected chi connectivity index (χ4v) is 6.63. The smallest absolute Gasteiger partial charge is 0.319 e. The average Bonchev–Trinajstić information content (AvgIpc) is 3.50. The molecular weight excluding hydrogens is 455 g/mol. The van der Waals surface area contributed by atoms with Crippen molar-refractivity contribution in [2.75, 3.05) is 0 Å². The van der Waals surface area contributed by atoms with E-state index in [0.717, 1.165) is 24.1 Å². The first-order chi connectivity index (χ1) is 14.9. The van der Waals surface area contributed by atoms with Gasteiger partial charge in [0.2, 0.25) is 0 Å². The monoisotopic (exact) mass is 490 g/mol. The van der Waals surface area contributed by atoms with Crippen LogP contribution in [0.1, 0.15) is 40.0 Å². The molecule has 4 heteroatoms. The van der Waals surface area contributed by atoms with Crippen molar-refractivity contribution in [3.05, 3.63) is 106 Å². The zero-order valence-corrected chi connectivity index (χ0v) is 21.3. The van der Waals surface area contributed by atoms with Crippen molar-refractivity contribution in [2.24, 2.45) is 17.8 Å². The van der Waals surface area contributed by atoms with Gasteiger partial charge in [0.25, 0.3) is 7.37 Å². The summed E-state index contributed by atoms with van der Waals surface area (Å²) in [6.45, 7) is 11.0. The third-order valence-electron chi connectivity index (χ3n) is 6.25. The second-order valence-electron chi connectivity index (χ2n) is 8.94. The molecule has 1 aromatic carbocycles. The molecule has 0 spiro atoms. The van der Waals surface area contributed by atoms with Gasteiger partial charge in [-0.2, -0.15) is 0 Å². The number of allylic oxidation sites excluding steroid dienone is 1. The Morgan fingerprint density at radius 1 is 0.969 bits per heavy atom. The van der Waals surface area contributed by atoms with Gasteiger partial charge >= 0.3 is 17.1 Å². The van der Waals surface area contributed by atoms with Gasteiger partial charge in [0.15, 0.2) is 0 Å². The van der Waals surface area contributed by atoms with E-state index in [1.54, 1.807) is 0 Å². The van der Waals surface area contributed by atoms with Crippen LogP contribution in [0.25, 0.3) is 0 Å². The molecule has 32 heavy (non-hydrogen) atoms. The van der Waals surface area contributed by atoms with Gasteiger partial charge < -0.3 is 4.52 Å². The SMILES string of the molecule is C=C([C]1[CH][CH][CH][CH]1)[P@@](=O)(O[C@@H]1C[C@H](C)CC[C@H]1C(C)C)c1ccccc1.[CH]1[CH][CH][CH][CH]1.[Fe+2]. The number of rotatable bonds is 6. The van der Waals surface area contributed by atoms with E-state index >= 15 is 0 Å². The van der Waals surface area contributed by atoms with Crippen LogP contribution in [-0.4, -0.2) is 6.10 Å². The van der Waals surface area contributed by atoms with Gasteiger partial charge in [0, 0.05) is 16.5 Å². The summed E-state index contributed by atoms with van der Waals surface area (Å²) in [6, 6.07) is 9.61. The molecule has 170 valence electrons. The Morgan fingerprint density at radius 3 is 2.06 bits per heavy atom. The maximum Gasteiger partial charge on any atom is 2.00 e. The molecule has 0 saturated heterocycles. The molecule has 3 fully saturated rings. The zero-order chi connectivity index (χ0) is 22.3. The molecule has 4 rings (SSSR count). The summed E-state index contributed by atoms with van der Waals surface area (Å²) in [6.07, 6.45) is 21.2. The molecule has 0 heterocycles. The second kappa shape index (κ2) is 13.5. The van der Waals surface area contributed by atoms with E-state index in [4.69, 9.17) is 4.52 Å². The Balaban J connectivity index is 0.000000534. The molecule has 3 saturated carbocycles. The van der Waals surface area contributed by atoms with Gasteiger partial charge in [0.1, 0.15) is 0 Å². The van der Waals surface area contributed by atoms with Crippen LogP contribution < -0.4 is 5.30 Å². The summed E-state index contributed by atoms with van der Waals surface area (Å²) >= 11 is 0. The minimum absolute atomic E-state index is 0. The Kier molecular flexibility index (Phi) is 11.8. The molecule has 0 aromatic heterocycles. The zero-order valence-electron chi connectivity index (χ0n) is 19.3. The van der Waals surface area contributed by atoms with Gasteiger partial charge in [0.05, 0.1) is 6.10 Å². The summed E-state index contributed by atoms with van der Waals surface area (Å²) in [7, 11) is -3.22. The topological polar surface area (TPSA) is 26.3 Å². The molecule has 0 amide bonds. The first-order valence-corrected chi connectivity index (χ1v) is 13.0. The van der Waals surface area contributed by atoms with Gasteiger partial charge in [-0.15, -0.1) is 0 Å². The fourth-order valence-electron chi connectivity index (χ4n) is 4.39. The number of benzene rings is 1. The van der Waals surface area contributed by atoms with Crippen LogP contribution in [0.5, 0.6) is 0 Å². The van der Waals surface area contributed by atoms with E-state index in [9.17, 15) is 4.57 Å².